The molecule has 410 valence electrons. The van der Waals surface area contributed by atoms with Crippen molar-refractivity contribution in [2.45, 2.75) is 303 Å². The SMILES string of the molecule is CCCCCCCCCCCCCCCCCCC(C[N+](C)(C)CCCC(=O)[O-])OC(=O)CC.CCCCCCCCCCCCCCCCCCC(C[N+](C)(C)CCCCC(=O)[O-])OC(=O)CC. The molecule has 0 amide bonds. The molecule has 0 fully saturated rings. The van der Waals surface area contributed by atoms with Crippen LogP contribution in [0, 0.1) is 0 Å². The van der Waals surface area contributed by atoms with Gasteiger partial charge in [0, 0.05) is 31.2 Å². The van der Waals surface area contributed by atoms with Gasteiger partial charge in [0.1, 0.15) is 13.1 Å². The highest BCUT2D eigenvalue weighted by atomic mass is 16.5. The Morgan fingerprint density at radius 2 is 0.594 bits per heavy atom. The van der Waals surface area contributed by atoms with Crippen LogP contribution in [-0.2, 0) is 28.7 Å². The number of esters is 2. The molecule has 10 heteroatoms. The average Bonchev–Trinajstić information content (AvgIpc) is 3.29. The summed E-state index contributed by atoms with van der Waals surface area (Å²) in [7, 11) is 8.43. The number of likely N-dealkylation sites (N-methyl/N-ethyl adjacent to an activating group) is 2. The third-order valence-corrected chi connectivity index (χ3v) is 13.9. The molecule has 0 saturated heterocycles. The molecule has 0 aliphatic rings. The van der Waals surface area contributed by atoms with E-state index in [1.807, 2.05) is 13.8 Å². The van der Waals surface area contributed by atoms with Crippen molar-refractivity contribution in [3.8, 4) is 0 Å². The van der Waals surface area contributed by atoms with Crippen molar-refractivity contribution in [2.75, 3.05) is 54.4 Å². The van der Waals surface area contributed by atoms with Crippen molar-refractivity contribution in [3.05, 3.63) is 0 Å². The lowest BCUT2D eigenvalue weighted by Gasteiger charge is -2.33. The molecular formula is C59H116N2O8. The summed E-state index contributed by atoms with van der Waals surface area (Å²) in [6.45, 7) is 11.4. The number of carboxylic acids is 2. The molecule has 0 heterocycles. The molecule has 0 radical (unpaired) electrons. The minimum Gasteiger partial charge on any atom is -0.550 e. The maximum atomic E-state index is 11.9. The van der Waals surface area contributed by atoms with E-state index in [4.69, 9.17) is 9.47 Å². The number of carbonyl (C=O) groups is 4. The zero-order valence-electron chi connectivity index (χ0n) is 47.1. The second kappa shape index (κ2) is 49.4. The Bertz CT molecular complexity index is 1180. The molecule has 0 bridgehead atoms. The topological polar surface area (TPSA) is 133 Å². The highest BCUT2D eigenvalue weighted by molar-refractivity contribution is 5.69. The molecule has 0 aromatic carbocycles. The van der Waals surface area contributed by atoms with Gasteiger partial charge in [0.25, 0.3) is 0 Å². The number of hydrogen-bond acceptors (Lipinski definition) is 8. The molecular weight excluding hydrogens is 865 g/mol. The molecule has 69 heavy (non-hydrogen) atoms. The van der Waals surface area contributed by atoms with E-state index in [0.717, 1.165) is 62.8 Å². The van der Waals surface area contributed by atoms with Crippen LogP contribution in [0.2, 0.25) is 0 Å². The second-order valence-corrected chi connectivity index (χ2v) is 22.1. The zero-order chi connectivity index (χ0) is 51.7. The predicted octanol–water partition coefficient (Wildman–Crippen LogP) is 13.5. The fraction of sp³-hybridized carbons (Fsp3) is 0.932. The molecule has 10 nitrogen and oxygen atoms in total. The Morgan fingerprint density at radius 3 is 0.855 bits per heavy atom. The first kappa shape index (κ1) is 68.9. The van der Waals surface area contributed by atoms with Gasteiger partial charge in [-0.2, -0.15) is 0 Å². The van der Waals surface area contributed by atoms with Crippen molar-refractivity contribution < 1.29 is 47.8 Å². The Balaban J connectivity index is 0. The highest BCUT2D eigenvalue weighted by Gasteiger charge is 2.26. The third kappa shape index (κ3) is 53.4. The molecule has 0 spiro atoms. The van der Waals surface area contributed by atoms with Gasteiger partial charge in [-0.25, -0.2) is 0 Å². The number of nitrogens with zero attached hydrogens (tertiary/aromatic N) is 2. The maximum absolute atomic E-state index is 11.9. The standard InChI is InChI=1S/C30H59NO4.C29H57NO4/c1-5-7-8-9-10-11-12-13-14-15-16-17-18-19-20-21-24-28(35-30(34)6-2)27-31(3,4)26-23-22-25-29(32)33;1-5-7-8-9-10-11-12-13-14-15-16-17-18-19-20-21-23-27(34-29(33)6-2)26-30(3,4)25-22-24-28(31)32/h28H,5-27H2,1-4H3;27H,5-26H2,1-4H3. The Kier molecular flexibility index (Phi) is 49.3. The summed E-state index contributed by atoms with van der Waals surface area (Å²) < 4.78 is 12.9. The number of unbranched alkanes of at least 4 members (excludes halogenated alkanes) is 31. The monoisotopic (exact) mass is 981 g/mol. The van der Waals surface area contributed by atoms with E-state index in [2.05, 4.69) is 42.0 Å². The van der Waals surface area contributed by atoms with Crippen molar-refractivity contribution in [2.24, 2.45) is 0 Å². The third-order valence-electron chi connectivity index (χ3n) is 13.9. The van der Waals surface area contributed by atoms with Crippen LogP contribution in [0.3, 0.4) is 0 Å². The zero-order valence-corrected chi connectivity index (χ0v) is 47.1. The summed E-state index contributed by atoms with van der Waals surface area (Å²) in [5.41, 5.74) is 0. The number of rotatable bonds is 51. The van der Waals surface area contributed by atoms with E-state index in [9.17, 15) is 29.4 Å². The molecule has 0 N–H and O–H groups in total. The number of carboxylic acid groups (broad SMARTS) is 2. The molecule has 0 aliphatic carbocycles. The van der Waals surface area contributed by atoms with Gasteiger partial charge >= 0.3 is 11.9 Å². The first-order chi connectivity index (χ1) is 33.1. The van der Waals surface area contributed by atoms with Gasteiger partial charge in [-0.3, -0.25) is 9.59 Å². The van der Waals surface area contributed by atoms with Crippen molar-refractivity contribution in [1.82, 2.24) is 0 Å². The Morgan fingerprint density at radius 1 is 0.348 bits per heavy atom. The largest absolute Gasteiger partial charge is 0.550 e. The van der Waals surface area contributed by atoms with Crippen LogP contribution in [0.1, 0.15) is 291 Å². The molecule has 2 unspecified atom stereocenters. The highest BCUT2D eigenvalue weighted by Crippen LogP contribution is 2.19. The van der Waals surface area contributed by atoms with Crippen LogP contribution >= 0.6 is 0 Å². The number of quaternary nitrogens is 2. The normalized spacial score (nSPS) is 12.6. The summed E-state index contributed by atoms with van der Waals surface area (Å²) in [6, 6.07) is 0. The Hall–Kier alpha value is -2.20. The van der Waals surface area contributed by atoms with Gasteiger partial charge in [0.15, 0.2) is 12.2 Å². The maximum Gasteiger partial charge on any atom is 0.305 e. The van der Waals surface area contributed by atoms with Gasteiger partial charge in [-0.15, -0.1) is 0 Å². The second-order valence-electron chi connectivity index (χ2n) is 22.1. The molecule has 0 aliphatic heterocycles. The molecule has 0 rings (SSSR count). The van der Waals surface area contributed by atoms with E-state index in [1.165, 1.54) is 193 Å². The average molecular weight is 982 g/mol. The summed E-state index contributed by atoms with van der Waals surface area (Å²) >= 11 is 0. The first-order valence-corrected chi connectivity index (χ1v) is 29.5. The fourth-order valence-electron chi connectivity index (χ4n) is 9.50. The summed E-state index contributed by atoms with van der Waals surface area (Å²) in [4.78, 5) is 45.1. The summed E-state index contributed by atoms with van der Waals surface area (Å²) in [6.07, 6.45) is 48.1. The van der Waals surface area contributed by atoms with Crippen LogP contribution in [-0.4, -0.2) is 99.4 Å². The van der Waals surface area contributed by atoms with Crippen LogP contribution in [0.15, 0.2) is 0 Å². The van der Waals surface area contributed by atoms with E-state index >= 15 is 0 Å². The van der Waals surface area contributed by atoms with Crippen molar-refractivity contribution in [1.29, 1.82) is 0 Å². The molecule has 2 atom stereocenters. The van der Waals surface area contributed by atoms with Crippen LogP contribution < -0.4 is 10.2 Å². The van der Waals surface area contributed by atoms with E-state index in [-0.39, 0.29) is 37.0 Å². The summed E-state index contributed by atoms with van der Waals surface area (Å²) in [5.74, 6) is -2.24. The van der Waals surface area contributed by atoms with Crippen LogP contribution in [0.4, 0.5) is 0 Å². The quantitative estimate of drug-likeness (QED) is 0.0334. The minimum absolute atomic E-state index is 0.0507. The van der Waals surface area contributed by atoms with Crippen LogP contribution in [0.5, 0.6) is 0 Å². The van der Waals surface area contributed by atoms with Gasteiger partial charge in [0.05, 0.1) is 41.3 Å². The Labute approximate surface area is 427 Å². The smallest absolute Gasteiger partial charge is 0.305 e. The van der Waals surface area contributed by atoms with Crippen molar-refractivity contribution >= 4 is 23.9 Å². The lowest BCUT2D eigenvalue weighted by atomic mass is 10.0. The van der Waals surface area contributed by atoms with Crippen LogP contribution in [0.25, 0.3) is 0 Å². The minimum atomic E-state index is -0.998. The molecule has 0 aromatic heterocycles. The number of aliphatic carboxylic acids is 2. The summed E-state index contributed by atoms with van der Waals surface area (Å²) in [5, 5.41) is 21.3. The fourth-order valence-corrected chi connectivity index (χ4v) is 9.50. The number of hydrogen-bond donors (Lipinski definition) is 0. The molecule has 0 saturated carbocycles. The van der Waals surface area contributed by atoms with E-state index in [0.29, 0.717) is 30.2 Å². The van der Waals surface area contributed by atoms with Gasteiger partial charge in [-0.05, 0) is 51.4 Å². The number of carbonyl (C=O) groups excluding carboxylic acids is 4. The predicted molar refractivity (Wildman–Crippen MR) is 285 cm³/mol. The van der Waals surface area contributed by atoms with Crippen molar-refractivity contribution in [3.63, 3.8) is 0 Å². The van der Waals surface area contributed by atoms with Gasteiger partial charge in [0.2, 0.25) is 0 Å². The lowest BCUT2D eigenvalue weighted by molar-refractivity contribution is -0.893. The van der Waals surface area contributed by atoms with E-state index < -0.39 is 11.9 Å². The lowest BCUT2D eigenvalue weighted by Crippen LogP contribution is -2.47. The molecule has 0 aromatic rings. The van der Waals surface area contributed by atoms with E-state index in [1.54, 1.807) is 0 Å². The number of ether oxygens (including phenoxy) is 2. The first-order valence-electron chi connectivity index (χ1n) is 29.5. The van der Waals surface area contributed by atoms with Gasteiger partial charge in [-0.1, -0.05) is 220 Å². The van der Waals surface area contributed by atoms with Gasteiger partial charge < -0.3 is 38.2 Å².